The number of nitrogens with zero attached hydrogens (tertiary/aromatic N) is 2. The van der Waals surface area contributed by atoms with E-state index in [0.717, 1.165) is 22.5 Å². The van der Waals surface area contributed by atoms with Crippen molar-refractivity contribution in [1.82, 2.24) is 9.47 Å². The van der Waals surface area contributed by atoms with Gasteiger partial charge in [-0.2, -0.15) is 0 Å². The Morgan fingerprint density at radius 3 is 2.47 bits per heavy atom. The van der Waals surface area contributed by atoms with Gasteiger partial charge in [0.15, 0.2) is 0 Å². The molecule has 0 aliphatic carbocycles. The average Bonchev–Trinajstić information content (AvgIpc) is 3.25. The van der Waals surface area contributed by atoms with Crippen LogP contribution in [0.1, 0.15) is 22.9 Å². The summed E-state index contributed by atoms with van der Waals surface area (Å²) in [7, 11) is 1.60. The molecule has 5 rings (SSSR count). The highest BCUT2D eigenvalue weighted by molar-refractivity contribution is 5.90. The quantitative estimate of drug-likeness (QED) is 0.452. The van der Waals surface area contributed by atoms with E-state index in [-0.39, 0.29) is 11.8 Å². The number of fused-ring (bicyclic) bond motifs is 3. The number of urea groups is 1. The molecular weight excluding hydrogens is 405 g/mol. The molecule has 32 heavy (non-hydrogen) atoms. The summed E-state index contributed by atoms with van der Waals surface area (Å²) in [5.74, 6) is 0.406. The summed E-state index contributed by atoms with van der Waals surface area (Å²) in [6, 6.07) is 24.9. The maximum atomic E-state index is 13.7. The highest BCUT2D eigenvalue weighted by Gasteiger charge is 2.33. The van der Waals surface area contributed by atoms with E-state index in [1.165, 1.54) is 12.1 Å². The number of methoxy groups -OCH3 is 1. The predicted molar refractivity (Wildman–Crippen MR) is 122 cm³/mol. The van der Waals surface area contributed by atoms with E-state index in [9.17, 15) is 9.18 Å². The molecule has 3 aromatic carbocycles. The number of amides is 2. The van der Waals surface area contributed by atoms with Crippen molar-refractivity contribution in [2.45, 2.75) is 12.6 Å². The minimum absolute atomic E-state index is 0.242. The summed E-state index contributed by atoms with van der Waals surface area (Å²) in [6.45, 7) is 0.405. The predicted octanol–water partition coefficient (Wildman–Crippen LogP) is 5.76. The summed E-state index contributed by atoms with van der Waals surface area (Å²) in [4.78, 5) is 15.4. The van der Waals surface area contributed by atoms with Gasteiger partial charge in [0.25, 0.3) is 0 Å². The molecule has 2 heterocycles. The van der Waals surface area contributed by atoms with Crippen molar-refractivity contribution in [3.05, 3.63) is 114 Å². The van der Waals surface area contributed by atoms with Crippen LogP contribution in [-0.4, -0.2) is 22.6 Å². The zero-order valence-electron chi connectivity index (χ0n) is 17.5. The number of aromatic nitrogens is 1. The highest BCUT2D eigenvalue weighted by atomic mass is 19.1. The van der Waals surface area contributed by atoms with Gasteiger partial charge in [0, 0.05) is 17.6 Å². The minimum atomic E-state index is -0.392. The van der Waals surface area contributed by atoms with Crippen LogP contribution in [0.2, 0.25) is 0 Å². The Morgan fingerprint density at radius 2 is 1.72 bits per heavy atom. The van der Waals surface area contributed by atoms with Crippen LogP contribution in [-0.2, 0) is 6.54 Å². The maximum Gasteiger partial charge on any atom is 0.322 e. The molecule has 0 fully saturated rings. The number of ether oxygens (including phenoxy) is 1. The van der Waals surface area contributed by atoms with E-state index in [0.29, 0.717) is 18.0 Å². The summed E-state index contributed by atoms with van der Waals surface area (Å²) >= 11 is 0. The van der Waals surface area contributed by atoms with Gasteiger partial charge in [0.05, 0.1) is 25.4 Å². The second kappa shape index (κ2) is 8.23. The molecule has 160 valence electrons. The maximum absolute atomic E-state index is 13.7. The minimum Gasteiger partial charge on any atom is -0.497 e. The van der Waals surface area contributed by atoms with Crippen LogP contribution in [0.5, 0.6) is 5.75 Å². The van der Waals surface area contributed by atoms with Gasteiger partial charge < -0.3 is 19.5 Å². The Morgan fingerprint density at radius 1 is 0.969 bits per heavy atom. The Hall–Kier alpha value is -4.06. The monoisotopic (exact) mass is 427 g/mol. The zero-order chi connectivity index (χ0) is 22.1. The highest BCUT2D eigenvalue weighted by Crippen LogP contribution is 2.37. The molecule has 1 N–H and O–H groups in total. The molecule has 4 aromatic rings. The number of halogens is 1. The van der Waals surface area contributed by atoms with Crippen LogP contribution in [0.3, 0.4) is 0 Å². The molecule has 0 saturated heterocycles. The number of hydrogen-bond acceptors (Lipinski definition) is 2. The average molecular weight is 427 g/mol. The van der Waals surface area contributed by atoms with Crippen molar-refractivity contribution >= 4 is 11.7 Å². The third-order valence-corrected chi connectivity index (χ3v) is 5.75. The number of nitrogens with one attached hydrogen (secondary N) is 1. The third-order valence-electron chi connectivity index (χ3n) is 5.75. The normalized spacial score (nSPS) is 14.8. The first kappa shape index (κ1) is 19.9. The van der Waals surface area contributed by atoms with Crippen LogP contribution < -0.4 is 10.1 Å². The lowest BCUT2D eigenvalue weighted by atomic mass is 10.0. The number of rotatable bonds is 3. The van der Waals surface area contributed by atoms with Gasteiger partial charge in [-0.15, -0.1) is 0 Å². The zero-order valence-corrected chi connectivity index (χ0v) is 17.5. The molecule has 0 bridgehead atoms. The lowest BCUT2D eigenvalue weighted by Crippen LogP contribution is -2.37. The first-order valence-electron chi connectivity index (χ1n) is 10.4. The smallest absolute Gasteiger partial charge is 0.322 e. The SMILES string of the molecule is COc1ccc(NC(=O)N2Cc3ccccc3-n3cccc3[C@@H]2c2ccc(F)cc2)cc1. The molecule has 2 amide bonds. The van der Waals surface area contributed by atoms with Crippen molar-refractivity contribution < 1.29 is 13.9 Å². The Kier molecular flexibility index (Phi) is 5.11. The fraction of sp³-hybridized carbons (Fsp3) is 0.115. The van der Waals surface area contributed by atoms with E-state index in [2.05, 4.69) is 9.88 Å². The van der Waals surface area contributed by atoms with Crippen molar-refractivity contribution in [3.63, 3.8) is 0 Å². The van der Waals surface area contributed by atoms with E-state index in [4.69, 9.17) is 4.74 Å². The lowest BCUT2D eigenvalue weighted by Gasteiger charge is -2.31. The number of hydrogen-bond donors (Lipinski definition) is 1. The second-order valence-electron chi connectivity index (χ2n) is 7.67. The van der Waals surface area contributed by atoms with Gasteiger partial charge in [0.2, 0.25) is 0 Å². The number of anilines is 1. The number of carbonyl (C=O) groups excluding carboxylic acids is 1. The summed E-state index contributed by atoms with van der Waals surface area (Å²) in [6.07, 6.45) is 2.00. The molecule has 0 spiro atoms. The molecule has 1 aliphatic rings. The topological polar surface area (TPSA) is 46.5 Å². The summed E-state index contributed by atoms with van der Waals surface area (Å²) < 4.78 is 21.0. The first-order valence-corrected chi connectivity index (χ1v) is 10.4. The Labute approximate surface area is 185 Å². The van der Waals surface area contributed by atoms with Crippen LogP contribution in [0.25, 0.3) is 5.69 Å². The van der Waals surface area contributed by atoms with Crippen molar-refractivity contribution in [1.29, 1.82) is 0 Å². The van der Waals surface area contributed by atoms with E-state index < -0.39 is 6.04 Å². The molecule has 0 saturated carbocycles. The Bertz CT molecular complexity index is 1250. The van der Waals surface area contributed by atoms with Crippen molar-refractivity contribution in [2.75, 3.05) is 12.4 Å². The van der Waals surface area contributed by atoms with E-state index in [1.54, 1.807) is 48.4 Å². The largest absolute Gasteiger partial charge is 0.497 e. The van der Waals surface area contributed by atoms with Crippen molar-refractivity contribution in [3.8, 4) is 11.4 Å². The van der Waals surface area contributed by atoms with Gasteiger partial charge in [-0.05, 0) is 65.7 Å². The number of para-hydroxylation sites is 1. The van der Waals surface area contributed by atoms with Crippen LogP contribution in [0.15, 0.2) is 91.1 Å². The van der Waals surface area contributed by atoms with Gasteiger partial charge in [-0.25, -0.2) is 9.18 Å². The first-order chi connectivity index (χ1) is 15.6. The molecule has 1 aromatic heterocycles. The van der Waals surface area contributed by atoms with E-state index in [1.807, 2.05) is 42.6 Å². The third kappa shape index (κ3) is 3.60. The molecule has 0 unspecified atom stereocenters. The Balaban J connectivity index is 1.59. The van der Waals surface area contributed by atoms with Gasteiger partial charge in [-0.3, -0.25) is 0 Å². The fourth-order valence-corrected chi connectivity index (χ4v) is 4.20. The van der Waals surface area contributed by atoms with Gasteiger partial charge >= 0.3 is 6.03 Å². The van der Waals surface area contributed by atoms with Gasteiger partial charge in [0.1, 0.15) is 11.6 Å². The molecular formula is C26H22FN3O2. The number of carbonyl (C=O) groups is 1. The molecule has 1 atom stereocenters. The standard InChI is InChI=1S/C26H22FN3O2/c1-32-22-14-12-21(13-15-22)28-26(31)30-17-19-5-2-3-6-23(19)29-16-4-7-24(29)25(30)18-8-10-20(27)11-9-18/h2-16,25H,17H2,1H3,(H,28,31)/t25-/m0/s1. The van der Waals surface area contributed by atoms with Crippen LogP contribution >= 0.6 is 0 Å². The van der Waals surface area contributed by atoms with Gasteiger partial charge in [-0.1, -0.05) is 30.3 Å². The molecule has 0 radical (unpaired) electrons. The lowest BCUT2D eigenvalue weighted by molar-refractivity contribution is 0.194. The van der Waals surface area contributed by atoms with Crippen LogP contribution in [0.4, 0.5) is 14.9 Å². The summed E-state index contributed by atoms with van der Waals surface area (Å²) in [5.41, 5.74) is 4.50. The summed E-state index contributed by atoms with van der Waals surface area (Å²) in [5, 5.41) is 3.00. The second-order valence-corrected chi connectivity index (χ2v) is 7.67. The fourth-order valence-electron chi connectivity index (χ4n) is 4.20. The van der Waals surface area contributed by atoms with E-state index >= 15 is 0 Å². The molecule has 1 aliphatic heterocycles. The molecule has 5 nitrogen and oxygen atoms in total. The van der Waals surface area contributed by atoms with Crippen LogP contribution in [0, 0.1) is 5.82 Å². The molecule has 6 heteroatoms. The van der Waals surface area contributed by atoms with Crippen molar-refractivity contribution in [2.24, 2.45) is 0 Å². The number of benzene rings is 3.